The van der Waals surface area contributed by atoms with Crippen LogP contribution in [0.2, 0.25) is 0 Å². The fourth-order valence-electron chi connectivity index (χ4n) is 1.35. The number of hydrogen-bond donors (Lipinski definition) is 2. The maximum atomic E-state index is 11.8. The van der Waals surface area contributed by atoms with E-state index in [4.69, 9.17) is 9.90 Å². The number of rotatable bonds is 3. The number of carbonyl (C=O) groups is 3. The van der Waals surface area contributed by atoms with Crippen molar-refractivity contribution in [2.45, 2.75) is 20.3 Å². The molecule has 0 unspecified atom stereocenters. The Hall–Kier alpha value is -1.89. The third-order valence-corrected chi connectivity index (χ3v) is 3.30. The number of carboxylic acid groups (broad SMARTS) is 1. The second kappa shape index (κ2) is 6.89. The molecule has 0 amide bonds. The van der Waals surface area contributed by atoms with Crippen LogP contribution in [0, 0.1) is 0 Å². The minimum absolute atomic E-state index is 0.100. The highest BCUT2D eigenvalue weighted by atomic mass is 32.2. The summed E-state index contributed by atoms with van der Waals surface area (Å²) in [5, 5.41) is 13.7. The number of ketones is 2. The summed E-state index contributed by atoms with van der Waals surface area (Å²) in [5.74, 6) is -0.254. The lowest BCUT2D eigenvalue weighted by Crippen LogP contribution is -2.14. The van der Waals surface area contributed by atoms with Crippen molar-refractivity contribution in [1.29, 1.82) is 0 Å². The third kappa shape index (κ3) is 4.06. The first-order valence-electron chi connectivity index (χ1n) is 5.63. The first-order valence-corrected chi connectivity index (χ1v) is 6.62. The molecule has 2 N–H and O–H groups in total. The first-order chi connectivity index (χ1) is 8.97. The van der Waals surface area contributed by atoms with Gasteiger partial charge in [-0.1, -0.05) is 6.92 Å². The van der Waals surface area contributed by atoms with Gasteiger partial charge in [0, 0.05) is 13.0 Å². The molecule has 0 radical (unpaired) electrons. The van der Waals surface area contributed by atoms with Gasteiger partial charge < -0.3 is 5.11 Å². The molecule has 2 rings (SSSR count). The molecule has 0 bridgehead atoms. The van der Waals surface area contributed by atoms with E-state index in [-0.39, 0.29) is 11.6 Å². The van der Waals surface area contributed by atoms with Gasteiger partial charge in [0.05, 0.1) is 16.7 Å². The lowest BCUT2D eigenvalue weighted by molar-refractivity contribution is -0.134. The Morgan fingerprint density at radius 3 is 2.68 bits per heavy atom. The number of nitrogens with one attached hydrogen (secondary N) is 1. The quantitative estimate of drug-likeness (QED) is 0.878. The standard InChI is InChI=1S/C10H10N2O2S.C2H4O2/c1-2-3-15-8-4-7(13)9-6(10(8)14)5-11-12-9;1-2(3)4/h4-5H,2-3H2,1H3,(H,11,12);1H3,(H,3,4). The largest absolute Gasteiger partial charge is 0.481 e. The zero-order chi connectivity index (χ0) is 14.4. The van der Waals surface area contributed by atoms with Gasteiger partial charge >= 0.3 is 0 Å². The minimum atomic E-state index is -0.833. The van der Waals surface area contributed by atoms with Crippen LogP contribution < -0.4 is 0 Å². The van der Waals surface area contributed by atoms with Gasteiger partial charge in [-0.05, 0) is 12.2 Å². The molecule has 19 heavy (non-hydrogen) atoms. The number of carboxylic acids is 1. The van der Waals surface area contributed by atoms with E-state index < -0.39 is 5.97 Å². The monoisotopic (exact) mass is 282 g/mol. The van der Waals surface area contributed by atoms with E-state index in [1.54, 1.807) is 0 Å². The van der Waals surface area contributed by atoms with Crippen LogP contribution >= 0.6 is 11.8 Å². The normalized spacial score (nSPS) is 13.3. The number of H-pyrrole nitrogens is 1. The summed E-state index contributed by atoms with van der Waals surface area (Å²) in [4.78, 5) is 32.9. The molecular weight excluding hydrogens is 268 g/mol. The molecule has 6 nitrogen and oxygen atoms in total. The Morgan fingerprint density at radius 1 is 1.47 bits per heavy atom. The van der Waals surface area contributed by atoms with Gasteiger partial charge in [0.1, 0.15) is 5.69 Å². The van der Waals surface area contributed by atoms with E-state index >= 15 is 0 Å². The number of thioether (sulfide) groups is 1. The summed E-state index contributed by atoms with van der Waals surface area (Å²) in [5.41, 5.74) is 0.696. The van der Waals surface area contributed by atoms with Crippen molar-refractivity contribution < 1.29 is 19.5 Å². The van der Waals surface area contributed by atoms with E-state index in [0.29, 0.717) is 16.2 Å². The van der Waals surface area contributed by atoms with Crippen molar-refractivity contribution >= 4 is 29.3 Å². The van der Waals surface area contributed by atoms with Crippen LogP contribution in [0.4, 0.5) is 0 Å². The number of aromatic nitrogens is 2. The van der Waals surface area contributed by atoms with Gasteiger partial charge in [0.25, 0.3) is 5.97 Å². The van der Waals surface area contributed by atoms with Gasteiger partial charge in [0.15, 0.2) is 0 Å². The summed E-state index contributed by atoms with van der Waals surface area (Å²) in [6, 6.07) is 0. The van der Waals surface area contributed by atoms with E-state index in [1.807, 2.05) is 6.92 Å². The molecule has 0 saturated heterocycles. The first kappa shape index (κ1) is 15.2. The van der Waals surface area contributed by atoms with Gasteiger partial charge in [-0.15, -0.1) is 11.8 Å². The number of nitrogens with zero attached hydrogens (tertiary/aromatic N) is 1. The average Bonchev–Trinajstić information content (AvgIpc) is 2.81. The summed E-state index contributed by atoms with van der Waals surface area (Å²) < 4.78 is 0. The number of carbonyl (C=O) groups excluding carboxylic acids is 2. The molecule has 102 valence electrons. The Morgan fingerprint density at radius 2 is 2.11 bits per heavy atom. The number of Topliss-reactive ketones (excluding diaryl/α,β-unsaturated/α-hetero) is 1. The molecule has 0 aliphatic heterocycles. The molecule has 0 spiro atoms. The second-order valence-electron chi connectivity index (χ2n) is 3.73. The van der Waals surface area contributed by atoms with E-state index in [9.17, 15) is 9.59 Å². The Balaban J connectivity index is 0.000000399. The van der Waals surface area contributed by atoms with Gasteiger partial charge in [0.2, 0.25) is 11.6 Å². The molecule has 0 fully saturated rings. The lowest BCUT2D eigenvalue weighted by Gasteiger charge is -2.09. The van der Waals surface area contributed by atoms with E-state index in [2.05, 4.69) is 10.2 Å². The number of aliphatic carboxylic acids is 1. The topological polar surface area (TPSA) is 100 Å². The zero-order valence-electron chi connectivity index (χ0n) is 10.6. The Labute approximate surface area is 114 Å². The van der Waals surface area contributed by atoms with Crippen molar-refractivity contribution in [2.75, 3.05) is 5.75 Å². The highest BCUT2D eigenvalue weighted by molar-refractivity contribution is 8.04. The summed E-state index contributed by atoms with van der Waals surface area (Å²) >= 11 is 1.43. The smallest absolute Gasteiger partial charge is 0.300 e. The summed E-state index contributed by atoms with van der Waals surface area (Å²) in [7, 11) is 0. The van der Waals surface area contributed by atoms with Crippen LogP contribution in [-0.2, 0) is 4.79 Å². The number of allylic oxidation sites excluding steroid dienone is 2. The number of fused-ring (bicyclic) bond motifs is 1. The summed E-state index contributed by atoms with van der Waals surface area (Å²) in [6.07, 6.45) is 3.78. The van der Waals surface area contributed by atoms with E-state index in [1.165, 1.54) is 24.0 Å². The molecule has 1 aromatic heterocycles. The molecule has 7 heteroatoms. The molecule has 0 saturated carbocycles. The van der Waals surface area contributed by atoms with Crippen LogP contribution in [0.25, 0.3) is 0 Å². The lowest BCUT2D eigenvalue weighted by atomic mass is 10.0. The van der Waals surface area contributed by atoms with Crippen molar-refractivity contribution in [3.8, 4) is 0 Å². The van der Waals surface area contributed by atoms with Gasteiger partial charge in [-0.25, -0.2) is 0 Å². The predicted molar refractivity (Wildman–Crippen MR) is 71.4 cm³/mol. The molecule has 1 heterocycles. The molecular formula is C12H14N2O4S. The van der Waals surface area contributed by atoms with Crippen molar-refractivity contribution in [1.82, 2.24) is 10.2 Å². The molecule has 1 aromatic rings. The van der Waals surface area contributed by atoms with Crippen LogP contribution in [0.1, 0.15) is 41.1 Å². The fraction of sp³-hybridized carbons (Fsp3) is 0.333. The van der Waals surface area contributed by atoms with Crippen molar-refractivity contribution in [3.63, 3.8) is 0 Å². The highest BCUT2D eigenvalue weighted by Gasteiger charge is 2.27. The summed E-state index contributed by atoms with van der Waals surface area (Å²) in [6.45, 7) is 3.12. The minimum Gasteiger partial charge on any atom is -0.481 e. The van der Waals surface area contributed by atoms with E-state index in [0.717, 1.165) is 19.1 Å². The van der Waals surface area contributed by atoms with Crippen molar-refractivity contribution in [2.24, 2.45) is 0 Å². The fourth-order valence-corrected chi connectivity index (χ4v) is 2.21. The van der Waals surface area contributed by atoms with Crippen LogP contribution in [0.5, 0.6) is 0 Å². The molecule has 1 aliphatic carbocycles. The van der Waals surface area contributed by atoms with Crippen LogP contribution in [0.3, 0.4) is 0 Å². The zero-order valence-corrected chi connectivity index (χ0v) is 11.4. The van der Waals surface area contributed by atoms with Crippen LogP contribution in [0.15, 0.2) is 17.2 Å². The highest BCUT2D eigenvalue weighted by Crippen LogP contribution is 2.27. The maximum absolute atomic E-state index is 11.8. The molecule has 0 atom stereocenters. The third-order valence-electron chi connectivity index (χ3n) is 2.08. The Bertz CT molecular complexity index is 530. The van der Waals surface area contributed by atoms with Crippen molar-refractivity contribution in [3.05, 3.63) is 28.4 Å². The van der Waals surface area contributed by atoms with Gasteiger partial charge in [-0.3, -0.25) is 19.5 Å². The Kier molecular flexibility index (Phi) is 5.50. The average molecular weight is 282 g/mol. The second-order valence-corrected chi connectivity index (χ2v) is 4.86. The molecule has 0 aromatic carbocycles. The molecule has 1 aliphatic rings. The van der Waals surface area contributed by atoms with Gasteiger partial charge in [-0.2, -0.15) is 5.10 Å². The SMILES string of the molecule is CC(=O)O.CCCSC1=CC(=O)c2[nH]ncc2C1=O. The maximum Gasteiger partial charge on any atom is 0.300 e. The van der Waals surface area contributed by atoms with Crippen LogP contribution in [-0.4, -0.2) is 38.6 Å². The number of hydrogen-bond acceptors (Lipinski definition) is 5. The number of aromatic amines is 1. The predicted octanol–water partition coefficient (Wildman–Crippen LogP) is 1.91.